The lowest BCUT2D eigenvalue weighted by molar-refractivity contribution is 0.116. The van der Waals surface area contributed by atoms with E-state index >= 15 is 0 Å². The van der Waals surface area contributed by atoms with Crippen molar-refractivity contribution in [1.82, 2.24) is 0 Å². The zero-order chi connectivity index (χ0) is 7.44. The zero-order valence-corrected chi connectivity index (χ0v) is 6.18. The summed E-state index contributed by atoms with van der Waals surface area (Å²) in [6.07, 6.45) is -1.10. The van der Waals surface area contributed by atoms with Crippen LogP contribution >= 0.6 is 11.6 Å². The molecule has 54 valence electrons. The highest BCUT2D eigenvalue weighted by molar-refractivity contribution is 6.20. The summed E-state index contributed by atoms with van der Waals surface area (Å²) in [6, 6.07) is 0. The molecule has 0 aliphatic carbocycles. The van der Waals surface area contributed by atoms with Crippen molar-refractivity contribution in [2.45, 2.75) is 25.3 Å². The molecule has 0 aromatic rings. The highest BCUT2D eigenvalue weighted by Gasteiger charge is 2.11. The summed E-state index contributed by atoms with van der Waals surface area (Å²) in [7, 11) is 0. The molecule has 0 saturated heterocycles. The lowest BCUT2D eigenvalue weighted by Gasteiger charge is -2.12. The first-order chi connectivity index (χ1) is 4.04. The van der Waals surface area contributed by atoms with Gasteiger partial charge >= 0.3 is 6.09 Å². The molecule has 0 radical (unpaired) electrons. The lowest BCUT2D eigenvalue weighted by Crippen LogP contribution is -2.25. The summed E-state index contributed by atoms with van der Waals surface area (Å²) < 4.78 is 4.52. The Morgan fingerprint density at radius 2 is 2.11 bits per heavy atom. The molecule has 4 heteroatoms. The number of carbonyl (C=O) groups is 1. The minimum atomic E-state index is -0.782. The van der Waals surface area contributed by atoms with Crippen LogP contribution in [0.1, 0.15) is 13.8 Å². The van der Waals surface area contributed by atoms with Gasteiger partial charge in [-0.15, -0.1) is 11.6 Å². The molecule has 0 heterocycles. The summed E-state index contributed by atoms with van der Waals surface area (Å²) in [5, 5.41) is -0.197. The number of amides is 1. The van der Waals surface area contributed by atoms with E-state index in [2.05, 4.69) is 4.74 Å². The van der Waals surface area contributed by atoms with Gasteiger partial charge in [-0.25, -0.2) is 4.79 Å². The van der Waals surface area contributed by atoms with Gasteiger partial charge in [-0.3, -0.25) is 0 Å². The van der Waals surface area contributed by atoms with Crippen LogP contribution in [0.5, 0.6) is 0 Å². The van der Waals surface area contributed by atoms with Crippen molar-refractivity contribution in [3.8, 4) is 0 Å². The molecule has 2 unspecified atom stereocenters. The largest absolute Gasteiger partial charge is 0.445 e. The van der Waals surface area contributed by atoms with Crippen molar-refractivity contribution in [3.63, 3.8) is 0 Å². The van der Waals surface area contributed by atoms with E-state index in [9.17, 15) is 4.79 Å². The first-order valence-electron chi connectivity index (χ1n) is 2.64. The number of primary amides is 1. The predicted molar refractivity (Wildman–Crippen MR) is 35.4 cm³/mol. The molecule has 0 saturated carbocycles. The lowest BCUT2D eigenvalue weighted by atomic mass is 10.3. The summed E-state index contributed by atoms with van der Waals surface area (Å²) in [4.78, 5) is 10.1. The highest BCUT2D eigenvalue weighted by Crippen LogP contribution is 2.04. The van der Waals surface area contributed by atoms with E-state index in [0.717, 1.165) is 0 Å². The van der Waals surface area contributed by atoms with Crippen LogP contribution in [0.2, 0.25) is 0 Å². The van der Waals surface area contributed by atoms with Gasteiger partial charge in [-0.1, -0.05) is 0 Å². The Bertz CT molecular complexity index is 105. The quantitative estimate of drug-likeness (QED) is 0.601. The standard InChI is InChI=1S/C5H10ClNO2/c1-3(6)4(2)9-5(7)8/h3-4H,1-2H3,(H2,7,8). The first kappa shape index (κ1) is 8.56. The van der Waals surface area contributed by atoms with Crippen LogP contribution in [-0.4, -0.2) is 17.6 Å². The number of alkyl halides is 1. The van der Waals surface area contributed by atoms with E-state index in [0.29, 0.717) is 0 Å². The molecular weight excluding hydrogens is 142 g/mol. The number of hydrogen-bond acceptors (Lipinski definition) is 2. The predicted octanol–water partition coefficient (Wildman–Crippen LogP) is 1.10. The Balaban J connectivity index is 3.50. The van der Waals surface area contributed by atoms with Gasteiger partial charge in [0.1, 0.15) is 6.10 Å². The molecule has 2 N–H and O–H groups in total. The average Bonchev–Trinajstić information content (AvgIpc) is 1.63. The molecule has 3 nitrogen and oxygen atoms in total. The van der Waals surface area contributed by atoms with Gasteiger partial charge in [-0.05, 0) is 13.8 Å². The van der Waals surface area contributed by atoms with Gasteiger partial charge in [0, 0.05) is 0 Å². The fourth-order valence-electron chi connectivity index (χ4n) is 0.277. The number of halogens is 1. The molecule has 2 atom stereocenters. The van der Waals surface area contributed by atoms with Crippen molar-refractivity contribution in [3.05, 3.63) is 0 Å². The average molecular weight is 152 g/mol. The van der Waals surface area contributed by atoms with Crippen molar-refractivity contribution in [1.29, 1.82) is 0 Å². The molecule has 0 aromatic carbocycles. The number of nitrogens with two attached hydrogens (primary N) is 1. The second kappa shape index (κ2) is 3.56. The van der Waals surface area contributed by atoms with E-state index in [-0.39, 0.29) is 11.5 Å². The molecular formula is C5H10ClNO2. The normalized spacial score (nSPS) is 16.3. The van der Waals surface area contributed by atoms with Gasteiger partial charge in [-0.2, -0.15) is 0 Å². The van der Waals surface area contributed by atoms with Gasteiger partial charge in [0.25, 0.3) is 0 Å². The third-order valence-electron chi connectivity index (χ3n) is 0.949. The molecule has 0 bridgehead atoms. The number of carbonyl (C=O) groups excluding carboxylic acids is 1. The summed E-state index contributed by atoms with van der Waals surface area (Å²) >= 11 is 5.54. The molecule has 0 fully saturated rings. The second-order valence-corrected chi connectivity index (χ2v) is 2.51. The van der Waals surface area contributed by atoms with Crippen LogP contribution in [0.25, 0.3) is 0 Å². The monoisotopic (exact) mass is 151 g/mol. The van der Waals surface area contributed by atoms with Gasteiger partial charge in [0.2, 0.25) is 0 Å². The van der Waals surface area contributed by atoms with Crippen LogP contribution in [-0.2, 0) is 4.74 Å². The Morgan fingerprint density at radius 3 is 2.22 bits per heavy atom. The van der Waals surface area contributed by atoms with Gasteiger partial charge in [0.15, 0.2) is 0 Å². The Kier molecular flexibility index (Phi) is 3.39. The van der Waals surface area contributed by atoms with Crippen molar-refractivity contribution in [2.75, 3.05) is 0 Å². The van der Waals surface area contributed by atoms with Crippen molar-refractivity contribution < 1.29 is 9.53 Å². The molecule has 0 aromatic heterocycles. The fourth-order valence-corrected chi connectivity index (χ4v) is 0.328. The number of ether oxygens (including phenoxy) is 1. The topological polar surface area (TPSA) is 52.3 Å². The first-order valence-corrected chi connectivity index (χ1v) is 3.08. The summed E-state index contributed by atoms with van der Waals surface area (Å²) in [5.74, 6) is 0. The van der Waals surface area contributed by atoms with Crippen LogP contribution in [0.3, 0.4) is 0 Å². The van der Waals surface area contributed by atoms with Gasteiger partial charge < -0.3 is 10.5 Å². The van der Waals surface area contributed by atoms with Crippen LogP contribution in [0, 0.1) is 0 Å². The minimum Gasteiger partial charge on any atom is -0.445 e. The van der Waals surface area contributed by atoms with Crippen LogP contribution in [0.4, 0.5) is 4.79 Å². The Labute approximate surface area is 59.1 Å². The van der Waals surface area contributed by atoms with Crippen molar-refractivity contribution in [2.24, 2.45) is 5.73 Å². The minimum absolute atomic E-state index is 0.197. The highest BCUT2D eigenvalue weighted by atomic mass is 35.5. The number of rotatable bonds is 2. The molecule has 1 amide bonds. The maximum atomic E-state index is 10.1. The van der Waals surface area contributed by atoms with E-state index < -0.39 is 6.09 Å². The van der Waals surface area contributed by atoms with E-state index in [1.165, 1.54) is 0 Å². The third kappa shape index (κ3) is 4.09. The smallest absolute Gasteiger partial charge is 0.404 e. The maximum absolute atomic E-state index is 10.1. The SMILES string of the molecule is CC(Cl)C(C)OC(N)=O. The van der Waals surface area contributed by atoms with E-state index in [1.54, 1.807) is 13.8 Å². The summed E-state index contributed by atoms with van der Waals surface area (Å²) in [5.41, 5.74) is 4.71. The molecule has 0 aliphatic heterocycles. The fraction of sp³-hybridized carbons (Fsp3) is 0.800. The third-order valence-corrected chi connectivity index (χ3v) is 1.30. The Hall–Kier alpha value is -0.440. The molecule has 9 heavy (non-hydrogen) atoms. The molecule has 0 aliphatic rings. The number of hydrogen-bond donors (Lipinski definition) is 1. The summed E-state index contributed by atoms with van der Waals surface area (Å²) in [6.45, 7) is 3.41. The van der Waals surface area contributed by atoms with Crippen LogP contribution in [0.15, 0.2) is 0 Å². The molecule has 0 spiro atoms. The second-order valence-electron chi connectivity index (χ2n) is 1.82. The van der Waals surface area contributed by atoms with Crippen molar-refractivity contribution >= 4 is 17.7 Å². The van der Waals surface area contributed by atoms with E-state index in [4.69, 9.17) is 17.3 Å². The maximum Gasteiger partial charge on any atom is 0.404 e. The van der Waals surface area contributed by atoms with E-state index in [1.807, 2.05) is 0 Å². The zero-order valence-electron chi connectivity index (χ0n) is 5.43. The van der Waals surface area contributed by atoms with Gasteiger partial charge in [0.05, 0.1) is 5.38 Å². The molecule has 0 rings (SSSR count). The Morgan fingerprint density at radius 1 is 1.67 bits per heavy atom. The van der Waals surface area contributed by atoms with Crippen LogP contribution < -0.4 is 5.73 Å².